The van der Waals surface area contributed by atoms with Crippen molar-refractivity contribution in [2.45, 2.75) is 6.42 Å². The molecule has 1 aliphatic heterocycles. The normalized spacial score (nSPS) is 16.8. The Morgan fingerprint density at radius 3 is 2.45 bits per heavy atom. The lowest BCUT2D eigenvalue weighted by molar-refractivity contribution is 0.204. The van der Waals surface area contributed by atoms with Gasteiger partial charge in [-0.05, 0) is 25.1 Å². The van der Waals surface area contributed by atoms with Crippen molar-refractivity contribution < 1.29 is 13.9 Å². The van der Waals surface area contributed by atoms with E-state index in [9.17, 15) is 8.78 Å². The third-order valence-electron chi connectivity index (χ3n) is 3.47. The van der Waals surface area contributed by atoms with E-state index in [-0.39, 0.29) is 17.9 Å². The van der Waals surface area contributed by atoms with E-state index < -0.39 is 11.6 Å². The number of hydrogen-bond acceptors (Lipinski definition) is 4. The highest BCUT2D eigenvalue weighted by Gasteiger charge is 2.21. The zero-order chi connectivity index (χ0) is 14.5. The maximum atomic E-state index is 14.0. The summed E-state index contributed by atoms with van der Waals surface area (Å²) in [4.78, 5) is 3.74. The summed E-state index contributed by atoms with van der Waals surface area (Å²) in [6.07, 6.45) is 0.777. The Bertz CT molecular complexity index is 493. The molecule has 108 valence electrons. The SMILES string of the molecule is N#Cc1cc(F)c(N2CCCN(CCO)CC2)c(F)c1. The minimum absolute atomic E-state index is 0.0134. The molecule has 1 fully saturated rings. The summed E-state index contributed by atoms with van der Waals surface area (Å²) in [6, 6.07) is 3.87. The number of anilines is 1. The molecule has 0 atom stereocenters. The fourth-order valence-electron chi connectivity index (χ4n) is 2.49. The number of rotatable bonds is 3. The van der Waals surface area contributed by atoms with Crippen molar-refractivity contribution in [3.05, 3.63) is 29.3 Å². The standard InChI is InChI=1S/C14H17F2N3O/c15-12-8-11(10-17)9-13(16)14(12)19-3-1-2-18(4-5-19)6-7-20/h8-9,20H,1-7H2. The van der Waals surface area contributed by atoms with Crippen LogP contribution in [0.3, 0.4) is 0 Å². The molecule has 0 aromatic heterocycles. The Kier molecular flexibility index (Phi) is 4.88. The van der Waals surface area contributed by atoms with Crippen molar-refractivity contribution in [3.63, 3.8) is 0 Å². The van der Waals surface area contributed by atoms with Crippen LogP contribution < -0.4 is 4.90 Å². The van der Waals surface area contributed by atoms with E-state index in [1.807, 2.05) is 0 Å². The molecule has 4 nitrogen and oxygen atoms in total. The van der Waals surface area contributed by atoms with E-state index in [0.29, 0.717) is 26.2 Å². The van der Waals surface area contributed by atoms with Crippen LogP contribution in [0.4, 0.5) is 14.5 Å². The first-order chi connectivity index (χ1) is 9.65. The first-order valence-corrected chi connectivity index (χ1v) is 6.63. The van der Waals surface area contributed by atoms with Gasteiger partial charge in [0, 0.05) is 26.2 Å². The zero-order valence-electron chi connectivity index (χ0n) is 11.1. The van der Waals surface area contributed by atoms with Crippen LogP contribution in [-0.2, 0) is 0 Å². The lowest BCUT2D eigenvalue weighted by Crippen LogP contribution is -2.33. The van der Waals surface area contributed by atoms with Crippen LogP contribution in [0.2, 0.25) is 0 Å². The summed E-state index contributed by atoms with van der Waals surface area (Å²) in [5.41, 5.74) is -0.0738. The number of β-amino-alcohol motifs (C(OH)–C–C–N with tert-alkyl or cyclic N) is 1. The first kappa shape index (κ1) is 14.7. The number of hydrogen-bond donors (Lipinski definition) is 1. The van der Waals surface area contributed by atoms with Crippen LogP contribution in [0.25, 0.3) is 0 Å². The smallest absolute Gasteiger partial charge is 0.150 e. The zero-order valence-corrected chi connectivity index (χ0v) is 11.1. The topological polar surface area (TPSA) is 50.5 Å². The molecule has 0 saturated carbocycles. The second kappa shape index (κ2) is 6.64. The summed E-state index contributed by atoms with van der Waals surface area (Å²) in [7, 11) is 0. The van der Waals surface area contributed by atoms with Crippen LogP contribution >= 0.6 is 0 Å². The van der Waals surface area contributed by atoms with Gasteiger partial charge in [0.2, 0.25) is 0 Å². The molecule has 20 heavy (non-hydrogen) atoms. The Morgan fingerprint density at radius 1 is 1.15 bits per heavy atom. The van der Waals surface area contributed by atoms with Crippen molar-refractivity contribution in [2.24, 2.45) is 0 Å². The van der Waals surface area contributed by atoms with Crippen molar-refractivity contribution in [3.8, 4) is 6.07 Å². The number of nitriles is 1. The maximum absolute atomic E-state index is 14.0. The molecular weight excluding hydrogens is 264 g/mol. The summed E-state index contributed by atoms with van der Waals surface area (Å²) >= 11 is 0. The third kappa shape index (κ3) is 3.24. The van der Waals surface area contributed by atoms with Gasteiger partial charge in [0.1, 0.15) is 5.69 Å². The van der Waals surface area contributed by atoms with Gasteiger partial charge in [-0.3, -0.25) is 4.90 Å². The summed E-state index contributed by atoms with van der Waals surface area (Å²) in [6.45, 7) is 3.17. The van der Waals surface area contributed by atoms with Crippen LogP contribution in [0.15, 0.2) is 12.1 Å². The molecule has 0 bridgehead atoms. The molecule has 0 radical (unpaired) electrons. The fourth-order valence-corrected chi connectivity index (χ4v) is 2.49. The molecule has 1 saturated heterocycles. The first-order valence-electron chi connectivity index (χ1n) is 6.63. The maximum Gasteiger partial charge on any atom is 0.150 e. The van der Waals surface area contributed by atoms with E-state index in [2.05, 4.69) is 4.90 Å². The van der Waals surface area contributed by atoms with Gasteiger partial charge >= 0.3 is 0 Å². The predicted octanol–water partition coefficient (Wildman–Crippen LogP) is 1.34. The Balaban J connectivity index is 2.18. The molecule has 0 aliphatic carbocycles. The highest BCUT2D eigenvalue weighted by Crippen LogP contribution is 2.25. The quantitative estimate of drug-likeness (QED) is 0.908. The van der Waals surface area contributed by atoms with E-state index in [4.69, 9.17) is 10.4 Å². The molecule has 0 unspecified atom stereocenters. The van der Waals surface area contributed by atoms with Crippen LogP contribution in [0, 0.1) is 23.0 Å². The number of halogens is 2. The van der Waals surface area contributed by atoms with Gasteiger partial charge in [0.25, 0.3) is 0 Å². The molecule has 1 heterocycles. The highest BCUT2D eigenvalue weighted by atomic mass is 19.1. The van der Waals surface area contributed by atoms with Gasteiger partial charge in [-0.1, -0.05) is 0 Å². The van der Waals surface area contributed by atoms with Crippen LogP contribution in [0.1, 0.15) is 12.0 Å². The van der Waals surface area contributed by atoms with E-state index in [1.165, 1.54) is 0 Å². The predicted molar refractivity (Wildman–Crippen MR) is 71.4 cm³/mol. The van der Waals surface area contributed by atoms with Gasteiger partial charge in [-0.15, -0.1) is 0 Å². The minimum Gasteiger partial charge on any atom is -0.395 e. The largest absolute Gasteiger partial charge is 0.395 e. The van der Waals surface area contributed by atoms with Gasteiger partial charge in [0.05, 0.1) is 18.2 Å². The van der Waals surface area contributed by atoms with Crippen LogP contribution in [-0.4, -0.2) is 49.3 Å². The second-order valence-electron chi connectivity index (χ2n) is 4.81. The number of aliphatic hydroxyl groups is 1. The molecule has 1 aliphatic rings. The molecule has 0 amide bonds. The van der Waals surface area contributed by atoms with Gasteiger partial charge in [-0.25, -0.2) is 8.78 Å². The highest BCUT2D eigenvalue weighted by molar-refractivity contribution is 5.52. The van der Waals surface area contributed by atoms with Crippen LogP contribution in [0.5, 0.6) is 0 Å². The summed E-state index contributed by atoms with van der Waals surface area (Å²) in [5, 5.41) is 17.6. The van der Waals surface area contributed by atoms with Crippen molar-refractivity contribution in [2.75, 3.05) is 44.2 Å². The molecule has 1 aromatic rings. The lowest BCUT2D eigenvalue weighted by atomic mass is 10.2. The van der Waals surface area contributed by atoms with E-state index >= 15 is 0 Å². The van der Waals surface area contributed by atoms with Gasteiger partial charge in [-0.2, -0.15) is 5.26 Å². The molecule has 1 aromatic carbocycles. The molecule has 2 rings (SSSR count). The fraction of sp³-hybridized carbons (Fsp3) is 0.500. The lowest BCUT2D eigenvalue weighted by Gasteiger charge is -2.24. The average molecular weight is 281 g/mol. The molecule has 0 spiro atoms. The average Bonchev–Trinajstić information content (AvgIpc) is 2.64. The Labute approximate surface area is 116 Å². The third-order valence-corrected chi connectivity index (χ3v) is 3.47. The molecular formula is C14H17F2N3O. The van der Waals surface area contributed by atoms with E-state index in [0.717, 1.165) is 25.1 Å². The summed E-state index contributed by atoms with van der Waals surface area (Å²) in [5.74, 6) is -1.39. The molecule has 6 heteroatoms. The van der Waals surface area contributed by atoms with Gasteiger partial charge < -0.3 is 10.0 Å². The minimum atomic E-state index is -0.697. The van der Waals surface area contributed by atoms with E-state index in [1.54, 1.807) is 11.0 Å². The number of nitrogens with zero attached hydrogens (tertiary/aromatic N) is 3. The Morgan fingerprint density at radius 2 is 1.85 bits per heavy atom. The monoisotopic (exact) mass is 281 g/mol. The van der Waals surface area contributed by atoms with Crippen molar-refractivity contribution in [1.82, 2.24) is 4.90 Å². The van der Waals surface area contributed by atoms with Crippen molar-refractivity contribution in [1.29, 1.82) is 5.26 Å². The molecule has 1 N–H and O–H groups in total. The van der Waals surface area contributed by atoms with Gasteiger partial charge in [0.15, 0.2) is 11.6 Å². The van der Waals surface area contributed by atoms with Crippen molar-refractivity contribution >= 4 is 5.69 Å². The number of benzene rings is 1. The Hall–Kier alpha value is -1.71. The second-order valence-corrected chi connectivity index (χ2v) is 4.81. The number of aliphatic hydroxyl groups excluding tert-OH is 1. The summed E-state index contributed by atoms with van der Waals surface area (Å²) < 4.78 is 27.9.